The first kappa shape index (κ1) is 38.6. The molecule has 10 aromatic carbocycles. The van der Waals surface area contributed by atoms with E-state index in [0.717, 1.165) is 67.2 Å². The van der Waals surface area contributed by atoms with Gasteiger partial charge in [-0.05, 0) is 108 Å². The molecule has 0 saturated heterocycles. The molecule has 5 nitrogen and oxygen atoms in total. The molecule has 0 amide bonds. The fraction of sp³-hybridized carbons (Fsp3) is 0. The summed E-state index contributed by atoms with van der Waals surface area (Å²) in [6, 6.07) is 90.4. The predicted molar refractivity (Wildman–Crippen MR) is 292 cm³/mol. The molecule has 0 bridgehead atoms. The highest BCUT2D eigenvalue weighted by Gasteiger charge is 2.22. The molecular formula is C65H41N5. The van der Waals surface area contributed by atoms with Crippen LogP contribution in [-0.4, -0.2) is 23.3 Å². The van der Waals surface area contributed by atoms with Gasteiger partial charge in [0.1, 0.15) is 11.6 Å². The molecule has 5 heterocycles. The number of hydrogen-bond acceptors (Lipinski definition) is 1. The minimum absolute atomic E-state index is 0.859. The molecule has 0 unspecified atom stereocenters. The van der Waals surface area contributed by atoms with E-state index in [-0.39, 0.29) is 0 Å². The van der Waals surface area contributed by atoms with E-state index in [4.69, 9.17) is 4.98 Å². The Kier molecular flexibility index (Phi) is 8.29. The Morgan fingerprint density at radius 1 is 0.229 bits per heavy atom. The maximum absolute atomic E-state index is 5.65. The summed E-state index contributed by atoms with van der Waals surface area (Å²) in [5.74, 6) is 1.72. The van der Waals surface area contributed by atoms with E-state index in [2.05, 4.69) is 267 Å². The van der Waals surface area contributed by atoms with Gasteiger partial charge in [0.2, 0.25) is 0 Å². The van der Waals surface area contributed by atoms with E-state index in [1.54, 1.807) is 0 Å². The summed E-state index contributed by atoms with van der Waals surface area (Å²) in [5, 5.41) is 9.71. The van der Waals surface area contributed by atoms with Crippen LogP contribution < -0.4 is 0 Å². The van der Waals surface area contributed by atoms with Gasteiger partial charge >= 0.3 is 0 Å². The van der Waals surface area contributed by atoms with Gasteiger partial charge in [-0.15, -0.1) is 0 Å². The molecule has 0 aliphatic rings. The molecule has 0 saturated carbocycles. The van der Waals surface area contributed by atoms with Crippen LogP contribution in [0, 0.1) is 0 Å². The maximum Gasteiger partial charge on any atom is 0.140 e. The predicted octanol–water partition coefficient (Wildman–Crippen LogP) is 16.8. The molecule has 0 spiro atoms. The van der Waals surface area contributed by atoms with Crippen molar-refractivity contribution in [1.29, 1.82) is 0 Å². The van der Waals surface area contributed by atoms with E-state index in [1.807, 2.05) is 0 Å². The van der Waals surface area contributed by atoms with Gasteiger partial charge < -0.3 is 9.13 Å². The fourth-order valence-electron chi connectivity index (χ4n) is 11.6. The zero-order chi connectivity index (χ0) is 45.9. The number of nitrogens with zero attached hydrogens (tertiary/aromatic N) is 5. The van der Waals surface area contributed by atoms with Gasteiger partial charge in [0, 0.05) is 54.3 Å². The van der Waals surface area contributed by atoms with Gasteiger partial charge in [0.05, 0.1) is 49.8 Å². The average molecular weight is 892 g/mol. The van der Waals surface area contributed by atoms with Crippen molar-refractivity contribution in [2.24, 2.45) is 0 Å². The monoisotopic (exact) mass is 891 g/mol. The molecule has 15 aromatic rings. The third kappa shape index (κ3) is 5.63. The molecule has 0 N–H and O–H groups in total. The number of benzene rings is 10. The molecule has 0 radical (unpaired) electrons. The molecule has 326 valence electrons. The van der Waals surface area contributed by atoms with E-state index >= 15 is 0 Å². The number of aromatic nitrogens is 5. The van der Waals surface area contributed by atoms with Crippen molar-refractivity contribution in [1.82, 2.24) is 23.3 Å². The van der Waals surface area contributed by atoms with Crippen LogP contribution in [0.25, 0.3) is 132 Å². The molecule has 70 heavy (non-hydrogen) atoms. The Morgan fingerprint density at radius 3 is 1.04 bits per heavy atom. The van der Waals surface area contributed by atoms with Gasteiger partial charge in [-0.25, -0.2) is 4.98 Å². The molecule has 15 rings (SSSR count). The first-order valence-electron chi connectivity index (χ1n) is 24.0. The minimum atomic E-state index is 0.859. The number of para-hydroxylation sites is 8. The van der Waals surface area contributed by atoms with Gasteiger partial charge in [0.25, 0.3) is 0 Å². The third-order valence-electron chi connectivity index (χ3n) is 14.6. The van der Waals surface area contributed by atoms with Gasteiger partial charge in [-0.2, -0.15) is 0 Å². The second-order valence-corrected chi connectivity index (χ2v) is 18.3. The van der Waals surface area contributed by atoms with Crippen LogP contribution in [0.2, 0.25) is 0 Å². The van der Waals surface area contributed by atoms with Crippen LogP contribution in [0.4, 0.5) is 0 Å². The molecule has 0 aliphatic heterocycles. The smallest absolute Gasteiger partial charge is 0.140 e. The van der Waals surface area contributed by atoms with Crippen LogP contribution in [-0.2, 0) is 0 Å². The van der Waals surface area contributed by atoms with Crippen molar-refractivity contribution in [3.05, 3.63) is 249 Å². The Morgan fingerprint density at radius 2 is 0.571 bits per heavy atom. The summed E-state index contributed by atoms with van der Waals surface area (Å²) in [7, 11) is 0. The molecule has 5 aromatic heterocycles. The summed E-state index contributed by atoms with van der Waals surface area (Å²) >= 11 is 0. The third-order valence-corrected chi connectivity index (χ3v) is 14.6. The lowest BCUT2D eigenvalue weighted by Gasteiger charge is -2.17. The van der Waals surface area contributed by atoms with Crippen molar-refractivity contribution in [3.8, 4) is 45.3 Å². The lowest BCUT2D eigenvalue weighted by atomic mass is 10.0. The van der Waals surface area contributed by atoms with Gasteiger partial charge in [-0.3, -0.25) is 9.13 Å². The zero-order valence-electron chi connectivity index (χ0n) is 37.9. The van der Waals surface area contributed by atoms with E-state index in [1.165, 1.54) is 65.3 Å². The summed E-state index contributed by atoms with van der Waals surface area (Å²) in [4.78, 5) is 5.65. The lowest BCUT2D eigenvalue weighted by Crippen LogP contribution is -2.05. The Balaban J connectivity index is 0.952. The first-order chi connectivity index (χ1) is 34.7. The molecule has 0 aliphatic carbocycles. The largest absolute Gasteiger partial charge is 0.309 e. The highest BCUT2D eigenvalue weighted by molar-refractivity contribution is 6.14. The van der Waals surface area contributed by atoms with Crippen molar-refractivity contribution >= 4 is 87.2 Å². The van der Waals surface area contributed by atoms with Crippen molar-refractivity contribution < 1.29 is 0 Å². The number of hydrogen-bond donors (Lipinski definition) is 0. The number of pyridine rings is 1. The van der Waals surface area contributed by atoms with E-state index in [0.29, 0.717) is 0 Å². The molecular weight excluding hydrogens is 851 g/mol. The summed E-state index contributed by atoms with van der Waals surface area (Å²) in [5.41, 5.74) is 16.0. The standard InChI is InChI=1S/C65H41N5/c1-2-18-45(19-3-1)67-56-28-12-9-25-51(56)53-38-42(34-36-62(53)67)43-35-37-63-54(39-43)52-26-10-13-29-57(52)68(63)55-27-11-4-20-46(55)44-40-64(69-58-30-14-5-21-47(58)48-22-6-15-31-59(48)69)66-65(41-44)70-60-32-16-7-23-49(60)50-24-8-17-33-61(50)70/h1-41H. The van der Waals surface area contributed by atoms with Crippen LogP contribution >= 0.6 is 0 Å². The van der Waals surface area contributed by atoms with Crippen LogP contribution in [0.1, 0.15) is 0 Å². The normalized spacial score (nSPS) is 12.0. The lowest BCUT2D eigenvalue weighted by molar-refractivity contribution is 1.01. The van der Waals surface area contributed by atoms with E-state index in [9.17, 15) is 0 Å². The second kappa shape index (κ2) is 15.0. The summed E-state index contributed by atoms with van der Waals surface area (Å²) in [6.07, 6.45) is 0. The van der Waals surface area contributed by atoms with Crippen molar-refractivity contribution in [2.75, 3.05) is 0 Å². The van der Waals surface area contributed by atoms with Gasteiger partial charge in [0.15, 0.2) is 0 Å². The maximum atomic E-state index is 5.65. The highest BCUT2D eigenvalue weighted by Crippen LogP contribution is 2.42. The summed E-state index contributed by atoms with van der Waals surface area (Å²) in [6.45, 7) is 0. The molecule has 5 heteroatoms. The summed E-state index contributed by atoms with van der Waals surface area (Å²) < 4.78 is 9.52. The zero-order valence-corrected chi connectivity index (χ0v) is 37.9. The Hall–Kier alpha value is -9.45. The second-order valence-electron chi connectivity index (χ2n) is 18.3. The Labute approximate surface area is 402 Å². The van der Waals surface area contributed by atoms with Crippen molar-refractivity contribution in [2.45, 2.75) is 0 Å². The SMILES string of the molecule is c1ccc(-n2c3ccccc3c3cc(-c4ccc5c(c4)c4ccccc4n5-c4ccccc4-c4cc(-n5c6ccccc6c6ccccc65)nc(-n5c6ccccc6c6ccccc65)c4)ccc32)cc1. The van der Waals surface area contributed by atoms with Gasteiger partial charge in [-0.1, -0.05) is 158 Å². The number of rotatable bonds is 6. The average Bonchev–Trinajstić information content (AvgIpc) is 4.16. The first-order valence-corrected chi connectivity index (χ1v) is 24.0. The van der Waals surface area contributed by atoms with Crippen LogP contribution in [0.15, 0.2) is 249 Å². The van der Waals surface area contributed by atoms with Crippen LogP contribution in [0.5, 0.6) is 0 Å². The Bertz CT molecular complexity index is 4360. The van der Waals surface area contributed by atoms with E-state index < -0.39 is 0 Å². The fourth-order valence-corrected chi connectivity index (χ4v) is 11.6. The number of fused-ring (bicyclic) bond motifs is 12. The quantitative estimate of drug-likeness (QED) is 0.164. The van der Waals surface area contributed by atoms with Crippen LogP contribution in [0.3, 0.4) is 0 Å². The molecule has 0 atom stereocenters. The van der Waals surface area contributed by atoms with Crippen molar-refractivity contribution in [3.63, 3.8) is 0 Å². The minimum Gasteiger partial charge on any atom is -0.309 e. The molecule has 0 fully saturated rings. The topological polar surface area (TPSA) is 32.6 Å². The highest BCUT2D eigenvalue weighted by atomic mass is 15.1.